The molecule has 0 amide bonds. The maximum atomic E-state index is 6.30. The number of benzene rings is 1. The number of hydrogen-bond acceptors (Lipinski definition) is 4. The predicted molar refractivity (Wildman–Crippen MR) is 69.8 cm³/mol. The van der Waals surface area contributed by atoms with Gasteiger partial charge >= 0.3 is 0 Å². The number of fused-ring (bicyclic) bond motifs is 1. The molecule has 0 bridgehead atoms. The SMILES string of the molecule is NC(c1ccc2c(c1)CCCO2)C1CNCCO1. The summed E-state index contributed by atoms with van der Waals surface area (Å²) in [5.74, 6) is 1.01. The van der Waals surface area contributed by atoms with Crippen molar-refractivity contribution < 1.29 is 9.47 Å². The third-order valence-electron chi connectivity index (χ3n) is 3.67. The number of aryl methyl sites for hydroxylation is 1. The van der Waals surface area contributed by atoms with Crippen LogP contribution in [0.4, 0.5) is 0 Å². The first kappa shape index (κ1) is 12.0. The monoisotopic (exact) mass is 248 g/mol. The van der Waals surface area contributed by atoms with Crippen LogP contribution in [0.3, 0.4) is 0 Å². The molecule has 18 heavy (non-hydrogen) atoms. The zero-order chi connectivity index (χ0) is 12.4. The van der Waals surface area contributed by atoms with Crippen molar-refractivity contribution in [2.24, 2.45) is 5.73 Å². The summed E-state index contributed by atoms with van der Waals surface area (Å²) in [6, 6.07) is 6.22. The molecule has 2 unspecified atom stereocenters. The fourth-order valence-corrected chi connectivity index (χ4v) is 2.62. The third-order valence-corrected chi connectivity index (χ3v) is 3.67. The van der Waals surface area contributed by atoms with Crippen molar-refractivity contribution in [3.05, 3.63) is 29.3 Å². The van der Waals surface area contributed by atoms with Gasteiger partial charge in [-0.1, -0.05) is 12.1 Å². The fourth-order valence-electron chi connectivity index (χ4n) is 2.62. The van der Waals surface area contributed by atoms with Crippen molar-refractivity contribution in [3.63, 3.8) is 0 Å². The van der Waals surface area contributed by atoms with Gasteiger partial charge in [0.15, 0.2) is 0 Å². The number of ether oxygens (including phenoxy) is 2. The Kier molecular flexibility index (Phi) is 3.50. The van der Waals surface area contributed by atoms with Crippen LogP contribution in [-0.4, -0.2) is 32.4 Å². The summed E-state index contributed by atoms with van der Waals surface area (Å²) in [6.45, 7) is 3.32. The van der Waals surface area contributed by atoms with Crippen LogP contribution in [0.5, 0.6) is 5.75 Å². The molecule has 0 spiro atoms. The molecule has 1 saturated heterocycles. The van der Waals surface area contributed by atoms with Crippen LogP contribution in [0.1, 0.15) is 23.6 Å². The minimum atomic E-state index is -0.0648. The summed E-state index contributed by atoms with van der Waals surface area (Å²) in [7, 11) is 0. The van der Waals surface area contributed by atoms with E-state index < -0.39 is 0 Å². The van der Waals surface area contributed by atoms with E-state index in [-0.39, 0.29) is 12.1 Å². The highest BCUT2D eigenvalue weighted by atomic mass is 16.5. The molecule has 0 saturated carbocycles. The van der Waals surface area contributed by atoms with E-state index in [9.17, 15) is 0 Å². The first-order chi connectivity index (χ1) is 8.84. The van der Waals surface area contributed by atoms with E-state index in [4.69, 9.17) is 15.2 Å². The molecule has 2 atom stereocenters. The number of rotatable bonds is 2. The van der Waals surface area contributed by atoms with Gasteiger partial charge in [-0.25, -0.2) is 0 Å². The molecular formula is C14H20N2O2. The highest BCUT2D eigenvalue weighted by molar-refractivity contribution is 5.39. The molecular weight excluding hydrogens is 228 g/mol. The van der Waals surface area contributed by atoms with Crippen molar-refractivity contribution in [2.75, 3.05) is 26.3 Å². The van der Waals surface area contributed by atoms with Crippen LogP contribution in [0.15, 0.2) is 18.2 Å². The zero-order valence-corrected chi connectivity index (χ0v) is 10.5. The number of nitrogens with two attached hydrogens (primary N) is 1. The van der Waals surface area contributed by atoms with Gasteiger partial charge in [0.25, 0.3) is 0 Å². The molecule has 1 aromatic carbocycles. The van der Waals surface area contributed by atoms with Crippen LogP contribution in [0.2, 0.25) is 0 Å². The fraction of sp³-hybridized carbons (Fsp3) is 0.571. The van der Waals surface area contributed by atoms with Crippen molar-refractivity contribution in [1.29, 1.82) is 0 Å². The van der Waals surface area contributed by atoms with Crippen LogP contribution in [-0.2, 0) is 11.2 Å². The zero-order valence-electron chi connectivity index (χ0n) is 10.5. The Hall–Kier alpha value is -1.10. The average molecular weight is 248 g/mol. The second kappa shape index (κ2) is 5.26. The van der Waals surface area contributed by atoms with Gasteiger partial charge in [-0.3, -0.25) is 0 Å². The smallest absolute Gasteiger partial charge is 0.122 e. The summed E-state index contributed by atoms with van der Waals surface area (Å²) in [5, 5.41) is 3.32. The molecule has 3 N–H and O–H groups in total. The molecule has 2 heterocycles. The van der Waals surface area contributed by atoms with Gasteiger partial charge in [0.2, 0.25) is 0 Å². The Labute approximate surface area is 107 Å². The molecule has 4 heteroatoms. The van der Waals surface area contributed by atoms with Gasteiger partial charge < -0.3 is 20.5 Å². The predicted octanol–water partition coefficient (Wildman–Crippen LogP) is 1.000. The molecule has 0 aromatic heterocycles. The van der Waals surface area contributed by atoms with Crippen LogP contribution in [0.25, 0.3) is 0 Å². The van der Waals surface area contributed by atoms with Crippen molar-refractivity contribution >= 4 is 0 Å². The van der Waals surface area contributed by atoms with E-state index in [1.807, 2.05) is 6.07 Å². The van der Waals surface area contributed by atoms with Crippen LogP contribution in [0, 0.1) is 0 Å². The summed E-state index contributed by atoms with van der Waals surface area (Å²) in [6.07, 6.45) is 2.24. The summed E-state index contributed by atoms with van der Waals surface area (Å²) in [5.41, 5.74) is 8.72. The molecule has 1 fully saturated rings. The third kappa shape index (κ3) is 2.36. The topological polar surface area (TPSA) is 56.5 Å². The molecule has 98 valence electrons. The first-order valence-corrected chi connectivity index (χ1v) is 6.68. The minimum absolute atomic E-state index is 0.0648. The Morgan fingerprint density at radius 1 is 1.33 bits per heavy atom. The molecule has 1 aromatic rings. The molecule has 2 aliphatic heterocycles. The van der Waals surface area contributed by atoms with Gasteiger partial charge in [0.1, 0.15) is 5.75 Å². The van der Waals surface area contributed by atoms with Gasteiger partial charge in [0, 0.05) is 13.1 Å². The Bertz CT molecular complexity index is 416. The second-order valence-electron chi connectivity index (χ2n) is 4.96. The van der Waals surface area contributed by atoms with Crippen LogP contribution < -0.4 is 15.8 Å². The van der Waals surface area contributed by atoms with Gasteiger partial charge in [-0.15, -0.1) is 0 Å². The highest BCUT2D eigenvalue weighted by Crippen LogP contribution is 2.28. The lowest BCUT2D eigenvalue weighted by Crippen LogP contribution is -2.44. The average Bonchev–Trinajstić information content (AvgIpc) is 2.47. The van der Waals surface area contributed by atoms with E-state index in [1.165, 1.54) is 5.56 Å². The Morgan fingerprint density at radius 2 is 2.28 bits per heavy atom. The number of morpholine rings is 1. The first-order valence-electron chi connectivity index (χ1n) is 6.68. The normalized spacial score (nSPS) is 25.1. The Balaban J connectivity index is 1.78. The standard InChI is InChI=1S/C14H20N2O2/c15-14(13-9-16-5-7-18-13)11-3-4-12-10(8-11)2-1-6-17-12/h3-4,8,13-14,16H,1-2,5-7,9,15H2. The largest absolute Gasteiger partial charge is 0.493 e. The summed E-state index contributed by atoms with van der Waals surface area (Å²) < 4.78 is 11.3. The maximum Gasteiger partial charge on any atom is 0.122 e. The Morgan fingerprint density at radius 3 is 3.11 bits per heavy atom. The van der Waals surface area contributed by atoms with E-state index >= 15 is 0 Å². The van der Waals surface area contributed by atoms with Gasteiger partial charge in [-0.05, 0) is 30.0 Å². The molecule has 0 radical (unpaired) electrons. The second-order valence-corrected chi connectivity index (χ2v) is 4.96. The summed E-state index contributed by atoms with van der Waals surface area (Å²) in [4.78, 5) is 0. The highest BCUT2D eigenvalue weighted by Gasteiger charge is 2.23. The molecule has 3 rings (SSSR count). The number of hydrogen-bond donors (Lipinski definition) is 2. The van der Waals surface area contributed by atoms with Crippen molar-refractivity contribution in [3.8, 4) is 5.75 Å². The van der Waals surface area contributed by atoms with Gasteiger partial charge in [-0.2, -0.15) is 0 Å². The maximum absolute atomic E-state index is 6.30. The van der Waals surface area contributed by atoms with E-state index in [2.05, 4.69) is 17.4 Å². The number of nitrogens with one attached hydrogen (secondary N) is 1. The van der Waals surface area contributed by atoms with E-state index in [0.717, 1.165) is 50.5 Å². The minimum Gasteiger partial charge on any atom is -0.493 e. The molecule has 2 aliphatic rings. The molecule has 4 nitrogen and oxygen atoms in total. The lowest BCUT2D eigenvalue weighted by Gasteiger charge is -2.29. The quantitative estimate of drug-likeness (QED) is 0.820. The molecule has 0 aliphatic carbocycles. The summed E-state index contributed by atoms with van der Waals surface area (Å²) >= 11 is 0. The van der Waals surface area contributed by atoms with Gasteiger partial charge in [0.05, 0.1) is 25.4 Å². The van der Waals surface area contributed by atoms with Crippen molar-refractivity contribution in [1.82, 2.24) is 5.32 Å². The van der Waals surface area contributed by atoms with Crippen LogP contribution >= 0.6 is 0 Å². The van der Waals surface area contributed by atoms with E-state index in [1.54, 1.807) is 0 Å². The van der Waals surface area contributed by atoms with Crippen molar-refractivity contribution in [2.45, 2.75) is 25.0 Å². The lowest BCUT2D eigenvalue weighted by atomic mass is 9.96. The lowest BCUT2D eigenvalue weighted by molar-refractivity contribution is 0.0122. The van der Waals surface area contributed by atoms with E-state index in [0.29, 0.717) is 0 Å².